The highest BCUT2D eigenvalue weighted by molar-refractivity contribution is 5.28. The fraction of sp³-hybridized carbons (Fsp3) is 0.833. The Bertz CT molecular complexity index is 251. The fourth-order valence-corrected chi connectivity index (χ4v) is 4.07. The zero-order valence-electron chi connectivity index (χ0n) is 8.14. The average molecular weight is 162 g/mol. The maximum absolute atomic E-state index is 2.57. The topological polar surface area (TPSA) is 0 Å². The first-order valence-electron chi connectivity index (χ1n) is 5.38. The van der Waals surface area contributed by atoms with Gasteiger partial charge in [0.25, 0.3) is 0 Å². The first-order valence-corrected chi connectivity index (χ1v) is 5.38. The summed E-state index contributed by atoms with van der Waals surface area (Å²) in [4.78, 5) is 0. The van der Waals surface area contributed by atoms with Gasteiger partial charge in [0.15, 0.2) is 0 Å². The minimum atomic E-state index is 0.747. The van der Waals surface area contributed by atoms with Gasteiger partial charge in [-0.1, -0.05) is 25.5 Å². The Morgan fingerprint density at radius 2 is 2.25 bits per heavy atom. The summed E-state index contributed by atoms with van der Waals surface area (Å²) in [6.45, 7) is 4.90. The first kappa shape index (κ1) is 7.17. The zero-order valence-corrected chi connectivity index (χ0v) is 8.14. The van der Waals surface area contributed by atoms with Crippen LogP contribution < -0.4 is 0 Å². The lowest BCUT2D eigenvalue weighted by Gasteiger charge is -2.46. The van der Waals surface area contributed by atoms with E-state index in [4.69, 9.17) is 0 Å². The van der Waals surface area contributed by atoms with Gasteiger partial charge in [-0.05, 0) is 48.9 Å². The second-order valence-corrected chi connectivity index (χ2v) is 5.64. The minimum absolute atomic E-state index is 0.747. The average Bonchev–Trinajstić information content (AvgIpc) is 2.09. The standard InChI is InChI=1S/C12H18/c1-8-3-9-5-11-10(4-8)7-12(11,2)6-9/h4,8-9,11H,3,5-7H2,1-2H3. The Kier molecular flexibility index (Phi) is 1.18. The molecule has 3 aliphatic carbocycles. The molecule has 12 heavy (non-hydrogen) atoms. The number of hydrogen-bond donors (Lipinski definition) is 0. The lowest BCUT2D eigenvalue weighted by Crippen LogP contribution is -2.35. The van der Waals surface area contributed by atoms with Crippen molar-refractivity contribution in [3.05, 3.63) is 11.6 Å². The second-order valence-electron chi connectivity index (χ2n) is 5.64. The van der Waals surface area contributed by atoms with E-state index in [9.17, 15) is 0 Å². The number of fused-ring (bicyclic) bond motifs is 1. The van der Waals surface area contributed by atoms with E-state index in [2.05, 4.69) is 19.9 Å². The van der Waals surface area contributed by atoms with Crippen LogP contribution >= 0.6 is 0 Å². The van der Waals surface area contributed by atoms with E-state index in [1.165, 1.54) is 25.7 Å². The molecule has 0 aromatic carbocycles. The van der Waals surface area contributed by atoms with Crippen molar-refractivity contribution in [1.82, 2.24) is 0 Å². The van der Waals surface area contributed by atoms with Gasteiger partial charge < -0.3 is 0 Å². The molecule has 2 fully saturated rings. The molecule has 0 nitrogen and oxygen atoms in total. The Balaban J connectivity index is 2.00. The molecule has 66 valence electrons. The van der Waals surface area contributed by atoms with E-state index < -0.39 is 0 Å². The van der Waals surface area contributed by atoms with Crippen LogP contribution in [0.4, 0.5) is 0 Å². The molecule has 0 aromatic rings. The summed E-state index contributed by atoms with van der Waals surface area (Å²) >= 11 is 0. The maximum Gasteiger partial charge on any atom is -0.0143 e. The minimum Gasteiger partial charge on any atom is -0.0822 e. The van der Waals surface area contributed by atoms with Crippen LogP contribution in [0.3, 0.4) is 0 Å². The molecule has 0 saturated heterocycles. The normalized spacial score (nSPS) is 55.8. The Morgan fingerprint density at radius 1 is 1.42 bits per heavy atom. The smallest absolute Gasteiger partial charge is 0.0143 e. The van der Waals surface area contributed by atoms with E-state index in [-0.39, 0.29) is 0 Å². The molecule has 0 aromatic heterocycles. The molecule has 2 bridgehead atoms. The van der Waals surface area contributed by atoms with Gasteiger partial charge in [0.2, 0.25) is 0 Å². The molecule has 0 heteroatoms. The van der Waals surface area contributed by atoms with Crippen molar-refractivity contribution < 1.29 is 0 Å². The third-order valence-corrected chi connectivity index (χ3v) is 4.42. The SMILES string of the molecule is CC1C=C2CC3(C)CC(C1)CC23. The van der Waals surface area contributed by atoms with E-state index >= 15 is 0 Å². The quantitative estimate of drug-likeness (QED) is 0.479. The molecule has 0 amide bonds. The van der Waals surface area contributed by atoms with Gasteiger partial charge in [-0.3, -0.25) is 0 Å². The van der Waals surface area contributed by atoms with Crippen LogP contribution in [0.15, 0.2) is 11.6 Å². The van der Waals surface area contributed by atoms with Crippen molar-refractivity contribution in [2.45, 2.75) is 39.5 Å². The van der Waals surface area contributed by atoms with Crippen molar-refractivity contribution in [3.8, 4) is 0 Å². The van der Waals surface area contributed by atoms with E-state index in [1.54, 1.807) is 0 Å². The van der Waals surface area contributed by atoms with Crippen LogP contribution in [0.1, 0.15) is 39.5 Å². The van der Waals surface area contributed by atoms with Crippen molar-refractivity contribution in [3.63, 3.8) is 0 Å². The maximum atomic E-state index is 2.57. The molecule has 4 atom stereocenters. The lowest BCUT2D eigenvalue weighted by atomic mass is 9.59. The molecule has 3 aliphatic rings. The second kappa shape index (κ2) is 1.97. The molecular weight excluding hydrogens is 144 g/mol. The van der Waals surface area contributed by atoms with Gasteiger partial charge >= 0.3 is 0 Å². The van der Waals surface area contributed by atoms with Gasteiger partial charge in [0.1, 0.15) is 0 Å². The molecule has 0 N–H and O–H groups in total. The van der Waals surface area contributed by atoms with Gasteiger partial charge in [-0.15, -0.1) is 0 Å². The summed E-state index contributed by atoms with van der Waals surface area (Å²) in [5, 5.41) is 0. The summed E-state index contributed by atoms with van der Waals surface area (Å²) in [6.07, 6.45) is 8.52. The lowest BCUT2D eigenvalue weighted by molar-refractivity contribution is 0.162. The van der Waals surface area contributed by atoms with Gasteiger partial charge in [-0.25, -0.2) is 0 Å². The monoisotopic (exact) mass is 162 g/mol. The predicted octanol–water partition coefficient (Wildman–Crippen LogP) is 3.39. The molecule has 0 heterocycles. The van der Waals surface area contributed by atoms with Crippen molar-refractivity contribution in [2.75, 3.05) is 0 Å². The Hall–Kier alpha value is -0.260. The van der Waals surface area contributed by atoms with Crippen LogP contribution in [-0.4, -0.2) is 0 Å². The van der Waals surface area contributed by atoms with Crippen molar-refractivity contribution in [2.24, 2.45) is 23.2 Å². The summed E-state index contributed by atoms with van der Waals surface area (Å²) < 4.78 is 0. The van der Waals surface area contributed by atoms with Crippen molar-refractivity contribution in [1.29, 1.82) is 0 Å². The van der Waals surface area contributed by atoms with E-state index in [0.29, 0.717) is 0 Å². The van der Waals surface area contributed by atoms with E-state index in [0.717, 1.165) is 23.2 Å². The highest BCUT2D eigenvalue weighted by Gasteiger charge is 2.54. The predicted molar refractivity (Wildman–Crippen MR) is 50.8 cm³/mol. The highest BCUT2D eigenvalue weighted by atomic mass is 14.6. The Morgan fingerprint density at radius 3 is 3.08 bits per heavy atom. The molecule has 0 spiro atoms. The molecule has 3 rings (SSSR count). The Labute approximate surface area is 75.0 Å². The first-order chi connectivity index (χ1) is 5.67. The molecule has 0 radical (unpaired) electrons. The van der Waals surface area contributed by atoms with Gasteiger partial charge in [-0.2, -0.15) is 0 Å². The molecule has 4 unspecified atom stereocenters. The van der Waals surface area contributed by atoms with Crippen LogP contribution in [0.25, 0.3) is 0 Å². The molecule has 0 aliphatic heterocycles. The van der Waals surface area contributed by atoms with Gasteiger partial charge in [0.05, 0.1) is 0 Å². The summed E-state index contributed by atoms with van der Waals surface area (Å²) in [7, 11) is 0. The molecular formula is C12H18. The van der Waals surface area contributed by atoms with Gasteiger partial charge in [0, 0.05) is 0 Å². The third-order valence-electron chi connectivity index (χ3n) is 4.42. The highest BCUT2D eigenvalue weighted by Crippen LogP contribution is 2.64. The number of rotatable bonds is 0. The summed E-state index contributed by atoms with van der Waals surface area (Å²) in [5.41, 5.74) is 2.56. The van der Waals surface area contributed by atoms with E-state index in [1.807, 2.05) is 5.57 Å². The van der Waals surface area contributed by atoms with Crippen molar-refractivity contribution >= 4 is 0 Å². The van der Waals surface area contributed by atoms with Crippen LogP contribution in [0.5, 0.6) is 0 Å². The third kappa shape index (κ3) is 0.739. The zero-order chi connectivity index (χ0) is 8.34. The summed E-state index contributed by atoms with van der Waals surface area (Å²) in [6, 6.07) is 0. The number of allylic oxidation sites excluding steroid dienone is 2. The fourth-order valence-electron chi connectivity index (χ4n) is 4.07. The largest absolute Gasteiger partial charge is 0.0822 e. The van der Waals surface area contributed by atoms with Crippen LogP contribution in [0, 0.1) is 23.2 Å². The number of hydrogen-bond acceptors (Lipinski definition) is 0. The van der Waals surface area contributed by atoms with Crippen LogP contribution in [0.2, 0.25) is 0 Å². The molecule has 2 saturated carbocycles. The summed E-state index contributed by atoms with van der Waals surface area (Å²) in [5.74, 6) is 2.94. The van der Waals surface area contributed by atoms with Crippen LogP contribution in [-0.2, 0) is 0 Å².